The maximum atomic E-state index is 11.5. The SMILES string of the molecule is CCCOc1cc(OCCC)c2c(C)cc(=O)oc2c1. The molecule has 0 atom stereocenters. The Morgan fingerprint density at radius 1 is 1.05 bits per heavy atom. The van der Waals surface area contributed by atoms with Gasteiger partial charge in [-0.3, -0.25) is 0 Å². The van der Waals surface area contributed by atoms with Gasteiger partial charge in [-0.2, -0.15) is 0 Å². The minimum absolute atomic E-state index is 0.357. The van der Waals surface area contributed by atoms with Gasteiger partial charge in [-0.15, -0.1) is 0 Å². The van der Waals surface area contributed by atoms with E-state index in [1.54, 1.807) is 6.07 Å². The van der Waals surface area contributed by atoms with Crippen LogP contribution < -0.4 is 15.1 Å². The normalized spacial score (nSPS) is 10.8. The molecular formula is C16H20O4. The van der Waals surface area contributed by atoms with Crippen molar-refractivity contribution in [2.75, 3.05) is 13.2 Å². The summed E-state index contributed by atoms with van der Waals surface area (Å²) >= 11 is 0. The van der Waals surface area contributed by atoms with E-state index in [1.807, 2.05) is 26.8 Å². The van der Waals surface area contributed by atoms with Gasteiger partial charge in [-0.05, 0) is 25.3 Å². The number of ether oxygens (including phenoxy) is 2. The topological polar surface area (TPSA) is 48.7 Å². The fourth-order valence-electron chi connectivity index (χ4n) is 2.05. The third kappa shape index (κ3) is 3.13. The summed E-state index contributed by atoms with van der Waals surface area (Å²) in [5, 5.41) is 0.835. The van der Waals surface area contributed by atoms with Crippen LogP contribution in [-0.4, -0.2) is 13.2 Å². The summed E-state index contributed by atoms with van der Waals surface area (Å²) in [5.74, 6) is 1.37. The molecule has 0 N–H and O–H groups in total. The number of rotatable bonds is 6. The molecule has 0 radical (unpaired) electrons. The zero-order valence-corrected chi connectivity index (χ0v) is 12.2. The van der Waals surface area contributed by atoms with Crippen molar-refractivity contribution in [3.8, 4) is 11.5 Å². The highest BCUT2D eigenvalue weighted by molar-refractivity contribution is 5.88. The summed E-state index contributed by atoms with van der Waals surface area (Å²) in [4.78, 5) is 11.5. The van der Waals surface area contributed by atoms with Crippen molar-refractivity contribution >= 4 is 11.0 Å². The number of aryl methyl sites for hydroxylation is 1. The molecule has 4 heteroatoms. The summed E-state index contributed by atoms with van der Waals surface area (Å²) in [6, 6.07) is 5.09. The number of fused-ring (bicyclic) bond motifs is 1. The van der Waals surface area contributed by atoms with Crippen LogP contribution >= 0.6 is 0 Å². The van der Waals surface area contributed by atoms with Gasteiger partial charge in [-0.25, -0.2) is 4.79 Å². The lowest BCUT2D eigenvalue weighted by molar-refractivity contribution is 0.303. The van der Waals surface area contributed by atoms with Crippen LogP contribution in [0.15, 0.2) is 27.4 Å². The van der Waals surface area contributed by atoms with Crippen LogP contribution in [0.3, 0.4) is 0 Å². The Morgan fingerprint density at radius 2 is 1.75 bits per heavy atom. The van der Waals surface area contributed by atoms with E-state index in [9.17, 15) is 4.79 Å². The molecule has 2 rings (SSSR count). The van der Waals surface area contributed by atoms with E-state index in [-0.39, 0.29) is 5.63 Å². The van der Waals surface area contributed by atoms with Crippen molar-refractivity contribution in [2.24, 2.45) is 0 Å². The van der Waals surface area contributed by atoms with E-state index in [2.05, 4.69) is 0 Å². The summed E-state index contributed by atoms with van der Waals surface area (Å²) in [6.07, 6.45) is 1.83. The first kappa shape index (κ1) is 14.4. The van der Waals surface area contributed by atoms with Crippen molar-refractivity contribution in [3.63, 3.8) is 0 Å². The van der Waals surface area contributed by atoms with E-state index >= 15 is 0 Å². The van der Waals surface area contributed by atoms with Crippen LogP contribution in [0, 0.1) is 6.92 Å². The molecular weight excluding hydrogens is 256 g/mol. The van der Waals surface area contributed by atoms with Gasteiger partial charge < -0.3 is 13.9 Å². The fourth-order valence-corrected chi connectivity index (χ4v) is 2.05. The first-order valence-electron chi connectivity index (χ1n) is 6.99. The summed E-state index contributed by atoms with van der Waals surface area (Å²) < 4.78 is 16.7. The molecule has 0 unspecified atom stereocenters. The number of hydrogen-bond acceptors (Lipinski definition) is 4. The molecule has 0 fully saturated rings. The van der Waals surface area contributed by atoms with Crippen molar-refractivity contribution in [1.29, 1.82) is 0 Å². The van der Waals surface area contributed by atoms with Crippen LogP contribution in [0.25, 0.3) is 11.0 Å². The third-order valence-electron chi connectivity index (χ3n) is 2.91. The Hall–Kier alpha value is -1.97. The summed E-state index contributed by atoms with van der Waals surface area (Å²) in [6.45, 7) is 7.21. The largest absolute Gasteiger partial charge is 0.493 e. The maximum absolute atomic E-state index is 11.5. The molecule has 0 spiro atoms. The molecule has 0 bridgehead atoms. The maximum Gasteiger partial charge on any atom is 0.336 e. The smallest absolute Gasteiger partial charge is 0.336 e. The highest BCUT2D eigenvalue weighted by Gasteiger charge is 2.12. The zero-order valence-electron chi connectivity index (χ0n) is 12.2. The van der Waals surface area contributed by atoms with E-state index < -0.39 is 0 Å². The van der Waals surface area contributed by atoms with Gasteiger partial charge in [0.1, 0.15) is 17.1 Å². The average Bonchev–Trinajstić information content (AvgIpc) is 2.41. The van der Waals surface area contributed by atoms with Crippen LogP contribution in [0.1, 0.15) is 32.3 Å². The second kappa shape index (κ2) is 6.46. The molecule has 0 aliphatic carbocycles. The standard InChI is InChI=1S/C16H20O4/c1-4-6-18-12-9-13(19-7-5-2)16-11(3)8-15(17)20-14(16)10-12/h8-10H,4-7H2,1-3H3. The lowest BCUT2D eigenvalue weighted by Crippen LogP contribution is -2.03. The highest BCUT2D eigenvalue weighted by Crippen LogP contribution is 2.33. The molecule has 0 saturated heterocycles. The molecule has 0 aliphatic heterocycles. The molecule has 2 aromatic rings. The van der Waals surface area contributed by atoms with Crippen molar-refractivity contribution < 1.29 is 13.9 Å². The van der Waals surface area contributed by atoms with E-state index in [0.29, 0.717) is 30.3 Å². The lowest BCUT2D eigenvalue weighted by Gasteiger charge is -2.12. The second-order valence-corrected chi connectivity index (χ2v) is 4.74. The van der Waals surface area contributed by atoms with Gasteiger partial charge in [0.2, 0.25) is 0 Å². The summed E-state index contributed by atoms with van der Waals surface area (Å²) in [5.41, 5.74) is 1.00. The Labute approximate surface area is 118 Å². The first-order valence-corrected chi connectivity index (χ1v) is 6.99. The molecule has 108 valence electrons. The average molecular weight is 276 g/mol. The molecule has 0 saturated carbocycles. The molecule has 4 nitrogen and oxygen atoms in total. The van der Waals surface area contributed by atoms with Crippen LogP contribution in [0.4, 0.5) is 0 Å². The van der Waals surface area contributed by atoms with Gasteiger partial charge >= 0.3 is 5.63 Å². The zero-order chi connectivity index (χ0) is 14.5. The van der Waals surface area contributed by atoms with Gasteiger partial charge in [0, 0.05) is 18.2 Å². The summed E-state index contributed by atoms with van der Waals surface area (Å²) in [7, 11) is 0. The predicted octanol–water partition coefficient (Wildman–Crippen LogP) is 3.68. The second-order valence-electron chi connectivity index (χ2n) is 4.74. The van der Waals surface area contributed by atoms with Crippen LogP contribution in [-0.2, 0) is 0 Å². The van der Waals surface area contributed by atoms with Gasteiger partial charge in [0.15, 0.2) is 0 Å². The van der Waals surface area contributed by atoms with Crippen molar-refractivity contribution in [2.45, 2.75) is 33.6 Å². The molecule has 1 heterocycles. The Balaban J connectivity index is 2.55. The van der Waals surface area contributed by atoms with Gasteiger partial charge in [0.05, 0.1) is 18.6 Å². The quantitative estimate of drug-likeness (QED) is 0.755. The molecule has 0 amide bonds. The van der Waals surface area contributed by atoms with E-state index in [4.69, 9.17) is 13.9 Å². The van der Waals surface area contributed by atoms with Crippen molar-refractivity contribution in [1.82, 2.24) is 0 Å². The third-order valence-corrected chi connectivity index (χ3v) is 2.91. The monoisotopic (exact) mass is 276 g/mol. The highest BCUT2D eigenvalue weighted by atomic mass is 16.5. The number of hydrogen-bond donors (Lipinski definition) is 0. The van der Waals surface area contributed by atoms with Crippen LogP contribution in [0.2, 0.25) is 0 Å². The van der Waals surface area contributed by atoms with Gasteiger partial charge in [0.25, 0.3) is 0 Å². The molecule has 1 aromatic carbocycles. The molecule has 1 aromatic heterocycles. The van der Waals surface area contributed by atoms with Crippen LogP contribution in [0.5, 0.6) is 11.5 Å². The Kier molecular flexibility index (Phi) is 4.66. The molecule has 0 aliphatic rings. The van der Waals surface area contributed by atoms with Gasteiger partial charge in [-0.1, -0.05) is 13.8 Å². The fraction of sp³-hybridized carbons (Fsp3) is 0.438. The predicted molar refractivity (Wildman–Crippen MR) is 78.8 cm³/mol. The Morgan fingerprint density at radius 3 is 2.45 bits per heavy atom. The van der Waals surface area contributed by atoms with Crippen molar-refractivity contribution in [3.05, 3.63) is 34.2 Å². The number of benzene rings is 1. The van der Waals surface area contributed by atoms with E-state index in [1.165, 1.54) is 6.07 Å². The first-order chi connectivity index (χ1) is 9.65. The molecule has 20 heavy (non-hydrogen) atoms. The lowest BCUT2D eigenvalue weighted by atomic mass is 10.1. The minimum atomic E-state index is -0.357. The van der Waals surface area contributed by atoms with E-state index in [0.717, 1.165) is 23.8 Å². The minimum Gasteiger partial charge on any atom is -0.493 e. The Bertz CT molecular complexity index is 643.